The Balaban J connectivity index is 1.19. The van der Waals surface area contributed by atoms with Gasteiger partial charge in [-0.3, -0.25) is 4.57 Å². The van der Waals surface area contributed by atoms with E-state index in [1.54, 1.807) is 0 Å². The molecule has 0 amide bonds. The highest BCUT2D eigenvalue weighted by atomic mass is 15.2. The molecule has 52 heavy (non-hydrogen) atoms. The first-order valence-electron chi connectivity index (χ1n) is 17.9. The van der Waals surface area contributed by atoms with Crippen molar-refractivity contribution in [3.05, 3.63) is 169 Å². The fourth-order valence-corrected chi connectivity index (χ4v) is 8.48. The van der Waals surface area contributed by atoms with Gasteiger partial charge in [-0.05, 0) is 97.0 Å². The van der Waals surface area contributed by atoms with Crippen molar-refractivity contribution in [2.45, 2.75) is 19.3 Å². The highest BCUT2D eigenvalue weighted by molar-refractivity contribution is 6.12. The van der Waals surface area contributed by atoms with Gasteiger partial charge < -0.3 is 0 Å². The monoisotopic (exact) mass is 664 g/mol. The molecule has 1 aliphatic rings. The molecule has 4 nitrogen and oxygen atoms in total. The highest BCUT2D eigenvalue weighted by Crippen LogP contribution is 2.52. The number of nitrogens with zero attached hydrogens (tertiary/aromatic N) is 4. The summed E-state index contributed by atoms with van der Waals surface area (Å²) in [6, 6.07) is 56.6. The van der Waals surface area contributed by atoms with Crippen LogP contribution in [0.4, 0.5) is 0 Å². The normalized spacial score (nSPS) is 13.3. The molecular weight excluding hydrogens is 633 g/mol. The van der Waals surface area contributed by atoms with Crippen LogP contribution in [0.15, 0.2) is 158 Å². The minimum absolute atomic E-state index is 0.185. The molecule has 0 radical (unpaired) electrons. The Hall–Kier alpha value is -6.65. The highest BCUT2D eigenvalue weighted by Gasteiger charge is 2.37. The average molecular weight is 665 g/mol. The molecule has 0 saturated heterocycles. The maximum absolute atomic E-state index is 5.29. The van der Waals surface area contributed by atoms with Crippen LogP contribution in [0.5, 0.6) is 0 Å². The standard InChI is InChI=1S/C48H32N4/c1-48(2)41-26-34-16-8-7-15-33(34)25-38(41)39-27-40-37-17-9-10-18-43(37)52(44(40)28-42(39)48)47-50-45(35-21-19-29-11-3-5-13-31(29)23-35)49-46(51-47)36-22-20-30-12-4-6-14-32(30)24-36/h3-28H,1-2H3. The van der Waals surface area contributed by atoms with E-state index < -0.39 is 0 Å². The van der Waals surface area contributed by atoms with Crippen LogP contribution in [0.25, 0.3) is 94.0 Å². The van der Waals surface area contributed by atoms with E-state index in [1.807, 2.05) is 0 Å². The maximum Gasteiger partial charge on any atom is 0.238 e. The topological polar surface area (TPSA) is 43.6 Å². The summed E-state index contributed by atoms with van der Waals surface area (Å²) in [5.41, 5.74) is 9.17. The van der Waals surface area contributed by atoms with Gasteiger partial charge in [0.1, 0.15) is 0 Å². The second-order valence-corrected chi connectivity index (χ2v) is 14.5. The third-order valence-electron chi connectivity index (χ3n) is 11.2. The van der Waals surface area contributed by atoms with Crippen molar-refractivity contribution in [1.82, 2.24) is 19.5 Å². The summed E-state index contributed by atoms with van der Waals surface area (Å²) < 4.78 is 2.25. The maximum atomic E-state index is 5.29. The molecule has 0 N–H and O–H groups in total. The molecule has 0 spiro atoms. The quantitative estimate of drug-likeness (QED) is 0.189. The number of hydrogen-bond acceptors (Lipinski definition) is 3. The van der Waals surface area contributed by atoms with Crippen LogP contribution in [-0.4, -0.2) is 19.5 Å². The Morgan fingerprint density at radius 2 is 0.904 bits per heavy atom. The molecule has 2 heterocycles. The lowest BCUT2D eigenvalue weighted by Gasteiger charge is -2.22. The molecular formula is C48H32N4. The van der Waals surface area contributed by atoms with Gasteiger partial charge >= 0.3 is 0 Å². The summed E-state index contributed by atoms with van der Waals surface area (Å²) in [5.74, 6) is 1.89. The number of fused-ring (bicyclic) bond motifs is 9. The molecule has 2 aromatic heterocycles. The Bertz CT molecular complexity index is 3020. The van der Waals surface area contributed by atoms with Crippen molar-refractivity contribution in [3.8, 4) is 39.9 Å². The average Bonchev–Trinajstić information content (AvgIpc) is 3.63. The van der Waals surface area contributed by atoms with E-state index in [1.165, 1.54) is 54.6 Å². The second kappa shape index (κ2) is 10.7. The van der Waals surface area contributed by atoms with Gasteiger partial charge in [0.05, 0.1) is 11.0 Å². The molecule has 0 atom stereocenters. The lowest BCUT2D eigenvalue weighted by atomic mass is 9.81. The van der Waals surface area contributed by atoms with Crippen molar-refractivity contribution < 1.29 is 0 Å². The number of rotatable bonds is 3. The van der Waals surface area contributed by atoms with Gasteiger partial charge in [-0.15, -0.1) is 0 Å². The third-order valence-corrected chi connectivity index (χ3v) is 11.2. The smallest absolute Gasteiger partial charge is 0.238 e. The van der Waals surface area contributed by atoms with Gasteiger partial charge in [0, 0.05) is 27.3 Å². The van der Waals surface area contributed by atoms with Crippen LogP contribution in [0.2, 0.25) is 0 Å². The molecule has 0 unspecified atom stereocenters. The lowest BCUT2D eigenvalue weighted by molar-refractivity contribution is 0.661. The van der Waals surface area contributed by atoms with Gasteiger partial charge in [-0.2, -0.15) is 9.97 Å². The number of hydrogen-bond donors (Lipinski definition) is 0. The van der Waals surface area contributed by atoms with Crippen LogP contribution in [0.3, 0.4) is 0 Å². The molecule has 0 bridgehead atoms. The van der Waals surface area contributed by atoms with E-state index in [-0.39, 0.29) is 5.41 Å². The van der Waals surface area contributed by atoms with E-state index in [0.717, 1.165) is 32.9 Å². The number of aromatic nitrogens is 4. The molecule has 0 aliphatic heterocycles. The summed E-state index contributed by atoms with van der Waals surface area (Å²) in [7, 11) is 0. The predicted octanol–water partition coefficient (Wildman–Crippen LogP) is 12.1. The molecule has 4 heteroatoms. The number of para-hydroxylation sites is 1. The fourth-order valence-electron chi connectivity index (χ4n) is 8.48. The van der Waals surface area contributed by atoms with Crippen molar-refractivity contribution in [2.24, 2.45) is 0 Å². The van der Waals surface area contributed by atoms with Crippen LogP contribution < -0.4 is 0 Å². The first-order chi connectivity index (χ1) is 25.5. The molecule has 1 aliphatic carbocycles. The predicted molar refractivity (Wildman–Crippen MR) is 215 cm³/mol. The SMILES string of the molecule is CC1(C)c2cc3ccccc3cc2-c2cc3c4ccccc4n(-c4nc(-c5ccc6ccccc6c5)nc(-c5ccc6ccccc6c5)n4)c3cc21. The molecule has 11 rings (SSSR count). The van der Waals surface area contributed by atoms with Gasteiger partial charge in [0.15, 0.2) is 11.6 Å². The van der Waals surface area contributed by atoms with Crippen molar-refractivity contribution in [3.63, 3.8) is 0 Å². The largest absolute Gasteiger partial charge is 0.278 e. The summed E-state index contributed by atoms with van der Waals surface area (Å²) in [6.07, 6.45) is 0. The first-order valence-corrected chi connectivity index (χ1v) is 17.9. The van der Waals surface area contributed by atoms with Gasteiger partial charge in [0.25, 0.3) is 0 Å². The lowest BCUT2D eigenvalue weighted by Crippen LogP contribution is -2.15. The van der Waals surface area contributed by atoms with Crippen LogP contribution in [-0.2, 0) is 5.41 Å². The van der Waals surface area contributed by atoms with E-state index in [9.17, 15) is 0 Å². The second-order valence-electron chi connectivity index (χ2n) is 14.5. The Kier molecular flexibility index (Phi) is 5.98. The molecule has 10 aromatic rings. The van der Waals surface area contributed by atoms with E-state index >= 15 is 0 Å². The summed E-state index contributed by atoms with van der Waals surface area (Å²) in [4.78, 5) is 15.7. The van der Waals surface area contributed by atoms with E-state index in [2.05, 4.69) is 176 Å². The van der Waals surface area contributed by atoms with Crippen LogP contribution in [0, 0.1) is 0 Å². The zero-order valence-corrected chi connectivity index (χ0v) is 28.8. The molecule has 244 valence electrons. The zero-order chi connectivity index (χ0) is 34.6. The third kappa shape index (κ3) is 4.24. The summed E-state index contributed by atoms with van der Waals surface area (Å²) in [5, 5.41) is 9.56. The Morgan fingerprint density at radius 3 is 1.54 bits per heavy atom. The minimum atomic E-state index is -0.185. The van der Waals surface area contributed by atoms with E-state index in [4.69, 9.17) is 15.0 Å². The fraction of sp³-hybridized carbons (Fsp3) is 0.0625. The van der Waals surface area contributed by atoms with Crippen LogP contribution in [0.1, 0.15) is 25.0 Å². The van der Waals surface area contributed by atoms with Crippen molar-refractivity contribution in [2.75, 3.05) is 0 Å². The molecule has 0 fully saturated rings. The van der Waals surface area contributed by atoms with Crippen molar-refractivity contribution in [1.29, 1.82) is 0 Å². The summed E-state index contributed by atoms with van der Waals surface area (Å²) in [6.45, 7) is 4.70. The van der Waals surface area contributed by atoms with Gasteiger partial charge in [-0.25, -0.2) is 4.98 Å². The number of benzene rings is 8. The minimum Gasteiger partial charge on any atom is -0.278 e. The zero-order valence-electron chi connectivity index (χ0n) is 28.8. The Morgan fingerprint density at radius 1 is 0.404 bits per heavy atom. The van der Waals surface area contributed by atoms with E-state index in [0.29, 0.717) is 17.6 Å². The molecule has 8 aromatic carbocycles. The first kappa shape index (κ1) is 29.1. The van der Waals surface area contributed by atoms with Gasteiger partial charge in [-0.1, -0.05) is 129 Å². The molecule has 0 saturated carbocycles. The Labute approximate surface area is 300 Å². The van der Waals surface area contributed by atoms with Crippen molar-refractivity contribution >= 4 is 54.1 Å². The van der Waals surface area contributed by atoms with Gasteiger partial charge in [0.2, 0.25) is 5.95 Å². The van der Waals surface area contributed by atoms with Crippen LogP contribution >= 0.6 is 0 Å². The summed E-state index contributed by atoms with van der Waals surface area (Å²) >= 11 is 0.